The molecule has 4 rings (SSSR count). The summed E-state index contributed by atoms with van der Waals surface area (Å²) in [5, 5.41) is 3.81. The lowest BCUT2D eigenvalue weighted by Gasteiger charge is -2.11. The van der Waals surface area contributed by atoms with E-state index < -0.39 is 23.6 Å². The molecule has 0 aliphatic carbocycles. The van der Waals surface area contributed by atoms with Crippen LogP contribution in [0.25, 0.3) is 11.0 Å². The highest BCUT2D eigenvalue weighted by Gasteiger charge is 2.31. The summed E-state index contributed by atoms with van der Waals surface area (Å²) in [7, 11) is 1.30. The van der Waals surface area contributed by atoms with Crippen molar-refractivity contribution in [3.63, 3.8) is 0 Å². The number of ether oxygens (including phenoxy) is 1. The van der Waals surface area contributed by atoms with E-state index in [2.05, 4.69) is 20.3 Å². The van der Waals surface area contributed by atoms with E-state index in [0.29, 0.717) is 41.1 Å². The highest BCUT2D eigenvalue weighted by molar-refractivity contribution is 6.31. The minimum atomic E-state index is -4.60. The maximum absolute atomic E-state index is 12.9. The smallest absolute Gasteiger partial charge is 0.417 e. The lowest BCUT2D eigenvalue weighted by molar-refractivity contribution is -0.137. The number of rotatable bonds is 6. The zero-order chi connectivity index (χ0) is 25.2. The standard InChI is InChI=1S/C24H18ClF3N4O3/c1-35-23(34)20-9-15-6-13(10-30-21(15)32-20)2-3-14-8-18(4-5-19(14)25)31-22(33)16-7-17(12-29-11-16)24(26,27)28/h4-12H,2-3H2,1H3,(H,30,32)(H,31,33). The van der Waals surface area contributed by atoms with E-state index in [-0.39, 0.29) is 5.56 Å². The van der Waals surface area contributed by atoms with E-state index in [0.717, 1.165) is 28.8 Å². The van der Waals surface area contributed by atoms with Crippen molar-refractivity contribution in [1.82, 2.24) is 15.0 Å². The van der Waals surface area contributed by atoms with Gasteiger partial charge in [0.15, 0.2) is 0 Å². The van der Waals surface area contributed by atoms with Crippen LogP contribution in [0, 0.1) is 0 Å². The van der Waals surface area contributed by atoms with Crippen LogP contribution in [0.4, 0.5) is 18.9 Å². The van der Waals surface area contributed by atoms with Gasteiger partial charge in [0.05, 0.1) is 18.2 Å². The largest absolute Gasteiger partial charge is 0.464 e. The molecule has 2 N–H and O–H groups in total. The average molecular weight is 503 g/mol. The normalized spacial score (nSPS) is 11.5. The Hall–Kier alpha value is -3.92. The summed E-state index contributed by atoms with van der Waals surface area (Å²) in [4.78, 5) is 34.9. The topological polar surface area (TPSA) is 97.0 Å². The molecule has 0 aliphatic heterocycles. The van der Waals surface area contributed by atoms with Gasteiger partial charge in [-0.25, -0.2) is 9.78 Å². The number of methoxy groups -OCH3 is 1. The summed E-state index contributed by atoms with van der Waals surface area (Å²) in [5.74, 6) is -1.21. The maximum atomic E-state index is 12.9. The molecule has 1 amide bonds. The first-order valence-electron chi connectivity index (χ1n) is 10.3. The van der Waals surface area contributed by atoms with Crippen LogP contribution in [0.2, 0.25) is 5.02 Å². The molecule has 7 nitrogen and oxygen atoms in total. The molecule has 0 unspecified atom stereocenters. The molecule has 0 bridgehead atoms. The Labute approximate surface area is 202 Å². The molecule has 180 valence electrons. The number of benzene rings is 1. The van der Waals surface area contributed by atoms with Crippen LogP contribution in [0.5, 0.6) is 0 Å². The molecule has 3 aromatic heterocycles. The van der Waals surface area contributed by atoms with Gasteiger partial charge in [-0.1, -0.05) is 11.6 Å². The van der Waals surface area contributed by atoms with Gasteiger partial charge in [0, 0.05) is 34.7 Å². The number of aromatic amines is 1. The lowest BCUT2D eigenvalue weighted by Crippen LogP contribution is -2.14. The fourth-order valence-electron chi connectivity index (χ4n) is 3.46. The summed E-state index contributed by atoms with van der Waals surface area (Å²) >= 11 is 6.32. The number of hydrogen-bond acceptors (Lipinski definition) is 5. The summed E-state index contributed by atoms with van der Waals surface area (Å²) in [6.07, 6.45) is -0.119. The van der Waals surface area contributed by atoms with Crippen molar-refractivity contribution in [3.8, 4) is 0 Å². The summed E-state index contributed by atoms with van der Waals surface area (Å²) < 4.78 is 43.4. The zero-order valence-corrected chi connectivity index (χ0v) is 19.0. The molecule has 0 aliphatic rings. The molecule has 0 atom stereocenters. The lowest BCUT2D eigenvalue weighted by atomic mass is 10.0. The zero-order valence-electron chi connectivity index (χ0n) is 18.2. The Morgan fingerprint density at radius 2 is 1.89 bits per heavy atom. The van der Waals surface area contributed by atoms with Gasteiger partial charge in [-0.2, -0.15) is 13.2 Å². The third-order valence-electron chi connectivity index (χ3n) is 5.25. The summed E-state index contributed by atoms with van der Waals surface area (Å²) in [6.45, 7) is 0. The first-order chi connectivity index (χ1) is 16.6. The number of nitrogens with one attached hydrogen (secondary N) is 2. The number of anilines is 1. The Morgan fingerprint density at radius 3 is 2.63 bits per heavy atom. The Balaban J connectivity index is 1.47. The molecule has 1 aromatic carbocycles. The molecule has 0 saturated heterocycles. The summed E-state index contributed by atoms with van der Waals surface area (Å²) in [5.41, 5.74) is 1.65. The van der Waals surface area contributed by atoms with Gasteiger partial charge in [0.2, 0.25) is 0 Å². The number of nitrogens with zero attached hydrogens (tertiary/aromatic N) is 2. The van der Waals surface area contributed by atoms with Crippen molar-refractivity contribution in [2.75, 3.05) is 12.4 Å². The second-order valence-electron chi connectivity index (χ2n) is 7.68. The second kappa shape index (κ2) is 9.75. The molecular weight excluding hydrogens is 485 g/mol. The second-order valence-corrected chi connectivity index (χ2v) is 8.08. The SMILES string of the molecule is COC(=O)c1cc2cc(CCc3cc(NC(=O)c4cncc(C(F)(F)F)c4)ccc3Cl)cnc2[nH]1. The molecule has 11 heteroatoms. The van der Waals surface area contributed by atoms with Crippen LogP contribution in [0.3, 0.4) is 0 Å². The van der Waals surface area contributed by atoms with E-state index in [1.54, 1.807) is 30.5 Å². The summed E-state index contributed by atoms with van der Waals surface area (Å²) in [6, 6.07) is 9.13. The molecule has 4 aromatic rings. The number of alkyl halides is 3. The number of amides is 1. The number of aromatic nitrogens is 3. The van der Waals surface area contributed by atoms with Crippen LogP contribution < -0.4 is 5.32 Å². The van der Waals surface area contributed by atoms with E-state index in [9.17, 15) is 22.8 Å². The van der Waals surface area contributed by atoms with Gasteiger partial charge in [-0.05, 0) is 60.4 Å². The van der Waals surface area contributed by atoms with E-state index in [4.69, 9.17) is 16.3 Å². The van der Waals surface area contributed by atoms with Crippen LogP contribution in [-0.2, 0) is 23.8 Å². The molecule has 0 saturated carbocycles. The maximum Gasteiger partial charge on any atom is 0.417 e. The van der Waals surface area contributed by atoms with Crippen molar-refractivity contribution in [1.29, 1.82) is 0 Å². The molecule has 3 heterocycles. The quantitative estimate of drug-likeness (QED) is 0.341. The number of carbonyl (C=O) groups excluding carboxylic acids is 2. The number of hydrogen-bond donors (Lipinski definition) is 2. The Morgan fingerprint density at radius 1 is 1.09 bits per heavy atom. The minimum absolute atomic E-state index is 0.214. The van der Waals surface area contributed by atoms with Crippen molar-refractivity contribution >= 4 is 40.2 Å². The van der Waals surface area contributed by atoms with E-state index in [1.165, 1.54) is 7.11 Å². The molecular formula is C24H18ClF3N4O3. The Bertz CT molecular complexity index is 1420. The van der Waals surface area contributed by atoms with Crippen molar-refractivity contribution < 1.29 is 27.5 Å². The number of aryl methyl sites for hydroxylation is 2. The van der Waals surface area contributed by atoms with E-state index in [1.807, 2.05) is 6.07 Å². The number of halogens is 4. The molecule has 0 spiro atoms. The van der Waals surface area contributed by atoms with Crippen molar-refractivity contribution in [3.05, 3.63) is 88.0 Å². The number of esters is 1. The third kappa shape index (κ3) is 5.60. The predicted molar refractivity (Wildman–Crippen MR) is 123 cm³/mol. The monoisotopic (exact) mass is 502 g/mol. The number of carbonyl (C=O) groups is 2. The predicted octanol–water partition coefficient (Wildman–Crippen LogP) is 5.45. The highest BCUT2D eigenvalue weighted by atomic mass is 35.5. The Kier molecular flexibility index (Phi) is 6.74. The minimum Gasteiger partial charge on any atom is -0.464 e. The fourth-order valence-corrected chi connectivity index (χ4v) is 3.68. The highest BCUT2D eigenvalue weighted by Crippen LogP contribution is 2.29. The number of pyridine rings is 2. The fraction of sp³-hybridized carbons (Fsp3) is 0.167. The number of H-pyrrole nitrogens is 1. The van der Waals surface area contributed by atoms with Gasteiger partial charge in [0.1, 0.15) is 11.3 Å². The van der Waals surface area contributed by atoms with Gasteiger partial charge < -0.3 is 15.0 Å². The average Bonchev–Trinajstić information content (AvgIpc) is 3.27. The number of fused-ring (bicyclic) bond motifs is 1. The third-order valence-corrected chi connectivity index (χ3v) is 5.62. The van der Waals surface area contributed by atoms with Gasteiger partial charge in [-0.15, -0.1) is 0 Å². The van der Waals surface area contributed by atoms with Gasteiger partial charge in [0.25, 0.3) is 5.91 Å². The van der Waals surface area contributed by atoms with Crippen molar-refractivity contribution in [2.24, 2.45) is 0 Å². The molecule has 0 fully saturated rings. The van der Waals surface area contributed by atoms with Crippen molar-refractivity contribution in [2.45, 2.75) is 19.0 Å². The first-order valence-corrected chi connectivity index (χ1v) is 10.7. The molecule has 0 radical (unpaired) electrons. The van der Waals surface area contributed by atoms with Gasteiger partial charge in [-0.3, -0.25) is 9.78 Å². The first kappa shape index (κ1) is 24.2. The molecule has 35 heavy (non-hydrogen) atoms. The van der Waals surface area contributed by atoms with Gasteiger partial charge >= 0.3 is 12.1 Å². The van der Waals surface area contributed by atoms with Crippen LogP contribution in [0.15, 0.2) is 55.0 Å². The van der Waals surface area contributed by atoms with Crippen LogP contribution >= 0.6 is 11.6 Å². The van der Waals surface area contributed by atoms with Crippen LogP contribution in [0.1, 0.15) is 37.5 Å². The van der Waals surface area contributed by atoms with Crippen LogP contribution in [-0.4, -0.2) is 33.9 Å². The van der Waals surface area contributed by atoms with E-state index >= 15 is 0 Å².